The number of aromatic nitrogens is 1. The SMILES string of the molecule is CC(=O)Nc1ccc(-c2ccc(=O)n3c2[C@@H]2C[C@H](CN(C(=O)NC(C)C)C2)C3)cc1. The molecule has 2 N–H and O–H groups in total. The van der Waals surface area contributed by atoms with Crippen LogP contribution < -0.4 is 16.2 Å². The van der Waals surface area contributed by atoms with Crippen LogP contribution in [0.4, 0.5) is 10.5 Å². The van der Waals surface area contributed by atoms with E-state index in [4.69, 9.17) is 0 Å². The predicted molar refractivity (Wildman–Crippen MR) is 117 cm³/mol. The van der Waals surface area contributed by atoms with Gasteiger partial charge in [0.25, 0.3) is 5.56 Å². The summed E-state index contributed by atoms with van der Waals surface area (Å²) < 4.78 is 1.90. The molecule has 0 saturated carbocycles. The van der Waals surface area contributed by atoms with Crippen LogP contribution in [-0.4, -0.2) is 40.5 Å². The van der Waals surface area contributed by atoms with Gasteiger partial charge in [0.15, 0.2) is 0 Å². The molecule has 2 aromatic rings. The van der Waals surface area contributed by atoms with Gasteiger partial charge in [-0.15, -0.1) is 0 Å². The number of rotatable bonds is 3. The van der Waals surface area contributed by atoms with Gasteiger partial charge in [0.1, 0.15) is 0 Å². The van der Waals surface area contributed by atoms with Crippen LogP contribution in [-0.2, 0) is 11.3 Å². The number of hydrogen-bond acceptors (Lipinski definition) is 3. The van der Waals surface area contributed by atoms with Crippen LogP contribution in [0.5, 0.6) is 0 Å². The number of amides is 3. The third-order valence-corrected chi connectivity index (χ3v) is 5.81. The Labute approximate surface area is 176 Å². The number of urea groups is 1. The fraction of sp³-hybridized carbons (Fsp3) is 0.435. The highest BCUT2D eigenvalue weighted by atomic mass is 16.2. The van der Waals surface area contributed by atoms with Gasteiger partial charge in [-0.05, 0) is 49.9 Å². The number of carbonyl (C=O) groups is 2. The topological polar surface area (TPSA) is 83.4 Å². The Morgan fingerprint density at radius 2 is 1.77 bits per heavy atom. The summed E-state index contributed by atoms with van der Waals surface area (Å²) in [4.78, 5) is 38.4. The first-order chi connectivity index (χ1) is 14.3. The minimum Gasteiger partial charge on any atom is -0.336 e. The lowest BCUT2D eigenvalue weighted by molar-refractivity contribution is -0.114. The molecule has 2 aliphatic heterocycles. The molecule has 3 amide bonds. The van der Waals surface area contributed by atoms with E-state index in [0.29, 0.717) is 19.6 Å². The molecule has 1 saturated heterocycles. The molecule has 2 bridgehead atoms. The molecule has 0 unspecified atom stereocenters. The number of hydrogen-bond donors (Lipinski definition) is 2. The van der Waals surface area contributed by atoms with Crippen molar-refractivity contribution < 1.29 is 9.59 Å². The molecule has 158 valence electrons. The van der Waals surface area contributed by atoms with Crippen molar-refractivity contribution in [2.45, 2.75) is 45.7 Å². The second-order valence-corrected chi connectivity index (χ2v) is 8.65. The molecule has 0 spiro atoms. The van der Waals surface area contributed by atoms with Crippen molar-refractivity contribution in [1.82, 2.24) is 14.8 Å². The summed E-state index contributed by atoms with van der Waals surface area (Å²) in [5.74, 6) is 0.290. The second kappa shape index (κ2) is 7.97. The quantitative estimate of drug-likeness (QED) is 0.819. The normalized spacial score (nSPS) is 19.9. The molecule has 3 heterocycles. The number of fused-ring (bicyclic) bond motifs is 4. The van der Waals surface area contributed by atoms with Crippen LogP contribution in [0.2, 0.25) is 0 Å². The van der Waals surface area contributed by atoms with Gasteiger partial charge in [-0.3, -0.25) is 9.59 Å². The number of nitrogens with one attached hydrogen (secondary N) is 2. The summed E-state index contributed by atoms with van der Waals surface area (Å²) in [6.45, 7) is 7.31. The number of anilines is 1. The molecule has 1 fully saturated rings. The fourth-order valence-electron chi connectivity index (χ4n) is 4.70. The molecule has 4 rings (SSSR count). The molecule has 7 nitrogen and oxygen atoms in total. The predicted octanol–water partition coefficient (Wildman–Crippen LogP) is 3.01. The number of piperidine rings is 1. The highest BCUT2D eigenvalue weighted by Gasteiger charge is 2.37. The van der Waals surface area contributed by atoms with E-state index in [0.717, 1.165) is 28.9 Å². The van der Waals surface area contributed by atoms with Crippen molar-refractivity contribution in [2.75, 3.05) is 18.4 Å². The van der Waals surface area contributed by atoms with E-state index >= 15 is 0 Å². The van der Waals surface area contributed by atoms with E-state index in [1.165, 1.54) is 6.92 Å². The molecule has 0 radical (unpaired) electrons. The Bertz CT molecular complexity index is 1030. The van der Waals surface area contributed by atoms with E-state index in [1.807, 2.05) is 53.6 Å². The lowest BCUT2D eigenvalue weighted by Gasteiger charge is -2.43. The first kappa shape index (κ1) is 20.2. The van der Waals surface area contributed by atoms with Gasteiger partial charge >= 0.3 is 6.03 Å². The van der Waals surface area contributed by atoms with Gasteiger partial charge in [-0.2, -0.15) is 0 Å². The van der Waals surface area contributed by atoms with Crippen LogP contribution >= 0.6 is 0 Å². The van der Waals surface area contributed by atoms with Crippen molar-refractivity contribution in [3.05, 3.63) is 52.4 Å². The number of pyridine rings is 1. The monoisotopic (exact) mass is 408 g/mol. The van der Waals surface area contributed by atoms with Gasteiger partial charge in [0.2, 0.25) is 5.91 Å². The number of benzene rings is 1. The zero-order chi connectivity index (χ0) is 21.4. The summed E-state index contributed by atoms with van der Waals surface area (Å²) in [5, 5.41) is 5.77. The van der Waals surface area contributed by atoms with Crippen LogP contribution in [0.25, 0.3) is 11.1 Å². The van der Waals surface area contributed by atoms with E-state index < -0.39 is 0 Å². The first-order valence-electron chi connectivity index (χ1n) is 10.5. The van der Waals surface area contributed by atoms with Crippen LogP contribution in [0, 0.1) is 5.92 Å². The maximum absolute atomic E-state index is 12.6. The first-order valence-corrected chi connectivity index (χ1v) is 10.5. The second-order valence-electron chi connectivity index (χ2n) is 8.65. The average molecular weight is 409 g/mol. The highest BCUT2D eigenvalue weighted by Crippen LogP contribution is 2.40. The van der Waals surface area contributed by atoms with Crippen molar-refractivity contribution in [2.24, 2.45) is 5.92 Å². The van der Waals surface area contributed by atoms with E-state index in [2.05, 4.69) is 10.6 Å². The van der Waals surface area contributed by atoms with Crippen molar-refractivity contribution in [3.8, 4) is 11.1 Å². The fourth-order valence-corrected chi connectivity index (χ4v) is 4.70. The third kappa shape index (κ3) is 3.97. The van der Waals surface area contributed by atoms with Gasteiger partial charge < -0.3 is 20.1 Å². The zero-order valence-corrected chi connectivity index (χ0v) is 17.6. The Balaban J connectivity index is 1.69. The van der Waals surface area contributed by atoms with Gasteiger partial charge in [0.05, 0.1) is 0 Å². The number of nitrogens with zero attached hydrogens (tertiary/aromatic N) is 2. The minimum absolute atomic E-state index is 0.0124. The van der Waals surface area contributed by atoms with Crippen molar-refractivity contribution >= 4 is 17.6 Å². The largest absolute Gasteiger partial charge is 0.336 e. The highest BCUT2D eigenvalue weighted by molar-refractivity contribution is 5.89. The van der Waals surface area contributed by atoms with Crippen molar-refractivity contribution in [3.63, 3.8) is 0 Å². The summed E-state index contributed by atoms with van der Waals surface area (Å²) in [6, 6.07) is 11.2. The molecule has 30 heavy (non-hydrogen) atoms. The van der Waals surface area contributed by atoms with E-state index in [9.17, 15) is 14.4 Å². The number of carbonyl (C=O) groups excluding carboxylic acids is 2. The lowest BCUT2D eigenvalue weighted by Crippen LogP contribution is -2.53. The molecule has 1 aromatic heterocycles. The summed E-state index contributed by atoms with van der Waals surface area (Å²) in [7, 11) is 0. The molecular formula is C23H28N4O3. The maximum atomic E-state index is 12.6. The molecule has 0 aliphatic carbocycles. The summed E-state index contributed by atoms with van der Waals surface area (Å²) in [5.41, 5.74) is 3.77. The molecule has 7 heteroatoms. The van der Waals surface area contributed by atoms with Crippen molar-refractivity contribution in [1.29, 1.82) is 0 Å². The minimum atomic E-state index is -0.112. The van der Waals surface area contributed by atoms with Gasteiger partial charge in [-0.1, -0.05) is 12.1 Å². The van der Waals surface area contributed by atoms with Gasteiger partial charge in [0, 0.05) is 61.5 Å². The lowest BCUT2D eigenvalue weighted by atomic mass is 9.80. The van der Waals surface area contributed by atoms with E-state index in [-0.39, 0.29) is 35.4 Å². The average Bonchev–Trinajstić information content (AvgIpc) is 2.68. The zero-order valence-electron chi connectivity index (χ0n) is 17.6. The Morgan fingerprint density at radius 1 is 1.03 bits per heavy atom. The molecule has 1 aromatic carbocycles. The Kier molecular flexibility index (Phi) is 5.37. The molecular weight excluding hydrogens is 380 g/mol. The Hall–Kier alpha value is -3.09. The number of likely N-dealkylation sites (tertiary alicyclic amines) is 1. The Morgan fingerprint density at radius 3 is 2.43 bits per heavy atom. The smallest absolute Gasteiger partial charge is 0.317 e. The van der Waals surface area contributed by atoms with E-state index in [1.54, 1.807) is 6.07 Å². The third-order valence-electron chi connectivity index (χ3n) is 5.81. The molecule has 2 aliphatic rings. The van der Waals surface area contributed by atoms with Gasteiger partial charge in [-0.25, -0.2) is 4.79 Å². The maximum Gasteiger partial charge on any atom is 0.317 e. The molecule has 2 atom stereocenters. The summed E-state index contributed by atoms with van der Waals surface area (Å²) >= 11 is 0. The van der Waals surface area contributed by atoms with Crippen LogP contribution in [0.1, 0.15) is 38.8 Å². The standard InChI is InChI=1S/C23H28N4O3/c1-14(2)24-23(30)26-11-16-10-18(13-26)22-20(8-9-21(29)27(22)12-16)17-4-6-19(7-5-17)25-15(3)28/h4-9,14,16,18H,10-13H2,1-3H3,(H,24,30)(H,25,28)/t16-,18-/m1/s1. The van der Waals surface area contributed by atoms with Crippen LogP contribution in [0.15, 0.2) is 41.2 Å². The van der Waals surface area contributed by atoms with Crippen LogP contribution in [0.3, 0.4) is 0 Å². The summed E-state index contributed by atoms with van der Waals surface area (Å²) in [6.07, 6.45) is 0.978.